The highest BCUT2D eigenvalue weighted by atomic mass is 19.1. The smallest absolute Gasteiger partial charge is 0.265 e. The summed E-state index contributed by atoms with van der Waals surface area (Å²) >= 11 is 0. The lowest BCUT2D eigenvalue weighted by Crippen LogP contribution is -2.38. The lowest BCUT2D eigenvalue weighted by atomic mass is 10.1. The van der Waals surface area contributed by atoms with E-state index in [0.717, 1.165) is 12.8 Å². The van der Waals surface area contributed by atoms with Gasteiger partial charge in [0.15, 0.2) is 0 Å². The van der Waals surface area contributed by atoms with Crippen LogP contribution in [0, 0.1) is 12.7 Å². The molecule has 1 aromatic carbocycles. The second-order valence-electron chi connectivity index (χ2n) is 4.28. The van der Waals surface area contributed by atoms with Crippen molar-refractivity contribution in [2.45, 2.75) is 39.2 Å². The first-order valence-corrected chi connectivity index (χ1v) is 6.05. The minimum atomic E-state index is -0.514. The molecule has 18 heavy (non-hydrogen) atoms. The zero-order valence-corrected chi connectivity index (χ0v) is 10.7. The number of amides is 1. The van der Waals surface area contributed by atoms with Crippen LogP contribution in [0.4, 0.5) is 10.1 Å². The van der Waals surface area contributed by atoms with Gasteiger partial charge in [-0.25, -0.2) is 9.87 Å². The predicted molar refractivity (Wildman–Crippen MR) is 68.0 cm³/mol. The van der Waals surface area contributed by atoms with E-state index in [2.05, 4.69) is 5.32 Å². The highest BCUT2D eigenvalue weighted by molar-refractivity contribution is 5.83. The number of benzene rings is 1. The number of hydrogen-bond acceptors (Lipinski definition) is 3. The number of carbonyl (C=O) groups excluding carboxylic acids is 1. The van der Waals surface area contributed by atoms with Crippen molar-refractivity contribution in [2.75, 3.05) is 5.32 Å². The van der Waals surface area contributed by atoms with E-state index < -0.39 is 11.9 Å². The van der Waals surface area contributed by atoms with Gasteiger partial charge in [0.1, 0.15) is 11.9 Å². The number of unbranched alkanes of at least 4 members (excludes halogenated alkanes) is 1. The summed E-state index contributed by atoms with van der Waals surface area (Å²) in [6.45, 7) is 3.68. The van der Waals surface area contributed by atoms with Crippen LogP contribution in [0.15, 0.2) is 18.2 Å². The Morgan fingerprint density at radius 2 is 2.22 bits per heavy atom. The Balaban J connectivity index is 2.75. The monoisotopic (exact) mass is 254 g/mol. The maximum absolute atomic E-state index is 13.1. The summed E-state index contributed by atoms with van der Waals surface area (Å²) in [6.07, 6.45) is 2.43. The van der Waals surface area contributed by atoms with E-state index in [1.165, 1.54) is 6.07 Å². The van der Waals surface area contributed by atoms with Gasteiger partial charge in [0.2, 0.25) is 0 Å². The predicted octanol–water partition coefficient (Wildman–Crippen LogP) is 2.61. The molecule has 5 heteroatoms. The Bertz CT molecular complexity index is 410. The van der Waals surface area contributed by atoms with Crippen LogP contribution >= 0.6 is 0 Å². The molecule has 0 saturated heterocycles. The fourth-order valence-electron chi connectivity index (χ4n) is 1.69. The highest BCUT2D eigenvalue weighted by Gasteiger charge is 2.17. The SMILES string of the molecule is CCCCC(Nc1ccc(F)c(C)c1)C(=O)NO. The van der Waals surface area contributed by atoms with Gasteiger partial charge in [-0.3, -0.25) is 10.0 Å². The number of anilines is 1. The van der Waals surface area contributed by atoms with Crippen molar-refractivity contribution in [1.82, 2.24) is 5.48 Å². The van der Waals surface area contributed by atoms with Gasteiger partial charge in [0, 0.05) is 5.69 Å². The Labute approximate surface area is 106 Å². The van der Waals surface area contributed by atoms with Gasteiger partial charge in [-0.05, 0) is 37.1 Å². The molecule has 0 spiro atoms. The summed E-state index contributed by atoms with van der Waals surface area (Å²) in [5.41, 5.74) is 2.82. The first-order valence-electron chi connectivity index (χ1n) is 6.05. The average molecular weight is 254 g/mol. The number of hydroxylamine groups is 1. The molecular weight excluding hydrogens is 235 g/mol. The molecule has 1 atom stereocenters. The first-order chi connectivity index (χ1) is 8.58. The molecule has 0 heterocycles. The van der Waals surface area contributed by atoms with E-state index in [9.17, 15) is 9.18 Å². The van der Waals surface area contributed by atoms with Crippen molar-refractivity contribution in [1.29, 1.82) is 0 Å². The Morgan fingerprint density at radius 3 is 2.78 bits per heavy atom. The molecule has 0 bridgehead atoms. The lowest BCUT2D eigenvalue weighted by molar-refractivity contribution is -0.130. The quantitative estimate of drug-likeness (QED) is 0.540. The minimum Gasteiger partial charge on any atom is -0.374 e. The van der Waals surface area contributed by atoms with Gasteiger partial charge in [-0.2, -0.15) is 0 Å². The molecule has 0 radical (unpaired) electrons. The van der Waals surface area contributed by atoms with E-state index in [-0.39, 0.29) is 5.82 Å². The third kappa shape index (κ3) is 4.00. The zero-order chi connectivity index (χ0) is 13.5. The van der Waals surface area contributed by atoms with Gasteiger partial charge >= 0.3 is 0 Å². The maximum atomic E-state index is 13.1. The summed E-state index contributed by atoms with van der Waals surface area (Å²) in [6, 6.07) is 4.05. The van der Waals surface area contributed by atoms with Crippen LogP contribution in [-0.2, 0) is 4.79 Å². The summed E-state index contributed by atoms with van der Waals surface area (Å²) in [7, 11) is 0. The van der Waals surface area contributed by atoms with E-state index >= 15 is 0 Å². The second kappa shape index (κ2) is 6.96. The second-order valence-corrected chi connectivity index (χ2v) is 4.28. The molecule has 1 amide bonds. The number of aryl methyl sites for hydroxylation is 1. The third-order valence-corrected chi connectivity index (χ3v) is 2.77. The Morgan fingerprint density at radius 1 is 1.50 bits per heavy atom. The van der Waals surface area contributed by atoms with Crippen LogP contribution in [0.1, 0.15) is 31.7 Å². The number of halogens is 1. The number of rotatable bonds is 6. The fourth-order valence-corrected chi connectivity index (χ4v) is 1.69. The molecule has 100 valence electrons. The maximum Gasteiger partial charge on any atom is 0.265 e. The third-order valence-electron chi connectivity index (χ3n) is 2.77. The molecule has 1 aromatic rings. The average Bonchev–Trinajstić information content (AvgIpc) is 2.37. The lowest BCUT2D eigenvalue weighted by Gasteiger charge is -2.18. The van der Waals surface area contributed by atoms with E-state index in [4.69, 9.17) is 5.21 Å². The van der Waals surface area contributed by atoms with E-state index in [0.29, 0.717) is 17.7 Å². The van der Waals surface area contributed by atoms with Gasteiger partial charge in [-0.15, -0.1) is 0 Å². The first kappa shape index (κ1) is 14.4. The van der Waals surface area contributed by atoms with Crippen LogP contribution in [0.25, 0.3) is 0 Å². The van der Waals surface area contributed by atoms with Crippen molar-refractivity contribution in [3.05, 3.63) is 29.6 Å². The van der Waals surface area contributed by atoms with Crippen molar-refractivity contribution in [2.24, 2.45) is 0 Å². The van der Waals surface area contributed by atoms with Crippen LogP contribution in [0.5, 0.6) is 0 Å². The van der Waals surface area contributed by atoms with Gasteiger partial charge in [-0.1, -0.05) is 19.8 Å². The van der Waals surface area contributed by atoms with Crippen molar-refractivity contribution in [3.8, 4) is 0 Å². The Kier molecular flexibility index (Phi) is 5.58. The molecule has 0 aliphatic carbocycles. The summed E-state index contributed by atoms with van der Waals surface area (Å²) in [5, 5.41) is 11.7. The molecule has 0 aliphatic heterocycles. The van der Waals surface area contributed by atoms with E-state index in [1.54, 1.807) is 24.5 Å². The van der Waals surface area contributed by atoms with Crippen LogP contribution in [-0.4, -0.2) is 17.2 Å². The standard InChI is InChI=1S/C13H19FN2O2/c1-3-4-5-12(13(17)16-18)15-10-6-7-11(14)9(2)8-10/h6-8,12,15,18H,3-5H2,1-2H3,(H,16,17). The van der Waals surface area contributed by atoms with Crippen molar-refractivity contribution < 1.29 is 14.4 Å². The summed E-state index contributed by atoms with van der Waals surface area (Å²) in [5.74, 6) is -0.761. The number of carbonyl (C=O) groups is 1. The molecule has 1 unspecified atom stereocenters. The van der Waals surface area contributed by atoms with Crippen LogP contribution in [0.3, 0.4) is 0 Å². The number of hydrogen-bond donors (Lipinski definition) is 3. The van der Waals surface area contributed by atoms with Gasteiger partial charge < -0.3 is 5.32 Å². The van der Waals surface area contributed by atoms with E-state index in [1.807, 2.05) is 6.92 Å². The molecule has 0 saturated carbocycles. The summed E-state index contributed by atoms with van der Waals surface area (Å²) < 4.78 is 13.1. The molecular formula is C13H19FN2O2. The largest absolute Gasteiger partial charge is 0.374 e. The highest BCUT2D eigenvalue weighted by Crippen LogP contribution is 2.16. The van der Waals surface area contributed by atoms with Crippen LogP contribution in [0.2, 0.25) is 0 Å². The Hall–Kier alpha value is -1.62. The fraction of sp³-hybridized carbons (Fsp3) is 0.462. The van der Waals surface area contributed by atoms with Gasteiger partial charge in [0.25, 0.3) is 5.91 Å². The zero-order valence-electron chi connectivity index (χ0n) is 10.7. The van der Waals surface area contributed by atoms with Crippen molar-refractivity contribution >= 4 is 11.6 Å². The molecule has 0 aliphatic rings. The molecule has 3 N–H and O–H groups in total. The molecule has 4 nitrogen and oxygen atoms in total. The molecule has 0 fully saturated rings. The van der Waals surface area contributed by atoms with Crippen LogP contribution < -0.4 is 10.8 Å². The van der Waals surface area contributed by atoms with Gasteiger partial charge in [0.05, 0.1) is 0 Å². The minimum absolute atomic E-state index is 0.280. The topological polar surface area (TPSA) is 61.4 Å². The molecule has 0 aromatic heterocycles. The normalized spacial score (nSPS) is 12.0. The number of nitrogens with one attached hydrogen (secondary N) is 2. The summed E-state index contributed by atoms with van der Waals surface area (Å²) in [4.78, 5) is 11.5. The van der Waals surface area contributed by atoms with Crippen molar-refractivity contribution in [3.63, 3.8) is 0 Å². The molecule has 1 rings (SSSR count).